The fourth-order valence-corrected chi connectivity index (χ4v) is 2.04. The van der Waals surface area contributed by atoms with Crippen LogP contribution in [0.15, 0.2) is 0 Å². The molecule has 0 aromatic rings. The van der Waals surface area contributed by atoms with Gasteiger partial charge in [-0.2, -0.15) is 10.5 Å². The van der Waals surface area contributed by atoms with E-state index in [-0.39, 0.29) is 11.8 Å². The summed E-state index contributed by atoms with van der Waals surface area (Å²) >= 11 is 0. The predicted octanol–water partition coefficient (Wildman–Crippen LogP) is 1.65. The van der Waals surface area contributed by atoms with Crippen LogP contribution in [0.3, 0.4) is 0 Å². The zero-order chi connectivity index (χ0) is 14.7. The molecule has 5 heteroatoms. The molecule has 0 aliphatic rings. The van der Waals surface area contributed by atoms with E-state index in [0.29, 0.717) is 44.8 Å². The molecule has 0 saturated carbocycles. The summed E-state index contributed by atoms with van der Waals surface area (Å²) in [5.74, 6) is 0.689. The highest BCUT2D eigenvalue weighted by atomic mass is 16.2. The number of rotatable bonds is 9. The third kappa shape index (κ3) is 8.18. The maximum absolute atomic E-state index is 12.2. The molecular formula is C14H24N4O. The zero-order valence-corrected chi connectivity index (χ0v) is 11.9. The molecule has 0 rings (SSSR count). The molecule has 5 nitrogen and oxygen atoms in total. The SMILES string of the molecule is CC(C)C[C@H](CN)CC(=O)N(CCC#N)CCC#N. The molecule has 0 heterocycles. The first kappa shape index (κ1) is 17.4. The van der Waals surface area contributed by atoms with E-state index >= 15 is 0 Å². The van der Waals surface area contributed by atoms with Gasteiger partial charge in [0.25, 0.3) is 0 Å². The summed E-state index contributed by atoms with van der Waals surface area (Å²) in [6, 6.07) is 4.06. The fourth-order valence-electron chi connectivity index (χ4n) is 2.04. The molecule has 0 saturated heterocycles. The molecule has 0 radical (unpaired) electrons. The first-order chi connectivity index (χ1) is 9.04. The highest BCUT2D eigenvalue weighted by Gasteiger charge is 2.18. The molecular weight excluding hydrogens is 240 g/mol. The minimum atomic E-state index is 0.00148. The van der Waals surface area contributed by atoms with Crippen LogP contribution in [0.4, 0.5) is 0 Å². The smallest absolute Gasteiger partial charge is 0.222 e. The summed E-state index contributed by atoms with van der Waals surface area (Å²) in [5.41, 5.74) is 5.69. The Balaban J connectivity index is 4.43. The first-order valence-corrected chi connectivity index (χ1v) is 6.76. The summed E-state index contributed by atoms with van der Waals surface area (Å²) in [6.45, 7) is 5.51. The second kappa shape index (κ2) is 10.3. The number of nitrogens with zero attached hydrogens (tertiary/aromatic N) is 3. The van der Waals surface area contributed by atoms with Crippen LogP contribution in [-0.4, -0.2) is 30.4 Å². The maximum atomic E-state index is 12.2. The van der Waals surface area contributed by atoms with Gasteiger partial charge in [-0.05, 0) is 24.8 Å². The molecule has 106 valence electrons. The molecule has 0 unspecified atom stereocenters. The van der Waals surface area contributed by atoms with Gasteiger partial charge in [0.05, 0.1) is 25.0 Å². The molecule has 0 bridgehead atoms. The minimum Gasteiger partial charge on any atom is -0.341 e. The first-order valence-electron chi connectivity index (χ1n) is 6.76. The van der Waals surface area contributed by atoms with Gasteiger partial charge in [-0.1, -0.05) is 13.8 Å². The summed E-state index contributed by atoms with van der Waals surface area (Å²) in [7, 11) is 0. The molecule has 1 atom stereocenters. The Hall–Kier alpha value is -1.59. The van der Waals surface area contributed by atoms with E-state index in [1.54, 1.807) is 4.90 Å². The van der Waals surface area contributed by atoms with E-state index in [0.717, 1.165) is 6.42 Å². The van der Waals surface area contributed by atoms with Crippen molar-refractivity contribution in [3.8, 4) is 12.1 Å². The maximum Gasteiger partial charge on any atom is 0.222 e. The molecule has 2 N–H and O–H groups in total. The molecule has 19 heavy (non-hydrogen) atoms. The Labute approximate surface area is 116 Å². The van der Waals surface area contributed by atoms with Crippen LogP contribution in [0.1, 0.15) is 39.5 Å². The van der Waals surface area contributed by atoms with E-state index in [2.05, 4.69) is 13.8 Å². The van der Waals surface area contributed by atoms with Crippen LogP contribution in [0.2, 0.25) is 0 Å². The second-order valence-electron chi connectivity index (χ2n) is 5.13. The lowest BCUT2D eigenvalue weighted by atomic mass is 9.93. The molecule has 0 fully saturated rings. The van der Waals surface area contributed by atoms with Crippen LogP contribution in [0.25, 0.3) is 0 Å². The number of nitrogens with two attached hydrogens (primary N) is 1. The summed E-state index contributed by atoms with van der Waals surface area (Å²) in [5, 5.41) is 17.2. The van der Waals surface area contributed by atoms with Gasteiger partial charge in [0.15, 0.2) is 0 Å². The van der Waals surface area contributed by atoms with Crippen molar-refractivity contribution in [1.29, 1.82) is 10.5 Å². The normalized spacial score (nSPS) is 11.7. The van der Waals surface area contributed by atoms with Crippen molar-refractivity contribution in [3.63, 3.8) is 0 Å². The lowest BCUT2D eigenvalue weighted by Gasteiger charge is -2.24. The molecule has 0 aliphatic heterocycles. The van der Waals surface area contributed by atoms with Crippen LogP contribution in [0.5, 0.6) is 0 Å². The number of carbonyl (C=O) groups is 1. The van der Waals surface area contributed by atoms with E-state index in [4.69, 9.17) is 16.3 Å². The molecule has 0 aliphatic carbocycles. The van der Waals surface area contributed by atoms with Gasteiger partial charge in [-0.3, -0.25) is 4.79 Å². The lowest BCUT2D eigenvalue weighted by molar-refractivity contribution is -0.132. The summed E-state index contributed by atoms with van der Waals surface area (Å²) in [4.78, 5) is 13.8. The van der Waals surface area contributed by atoms with Crippen LogP contribution in [0, 0.1) is 34.5 Å². The Morgan fingerprint density at radius 2 is 1.74 bits per heavy atom. The largest absolute Gasteiger partial charge is 0.341 e. The Morgan fingerprint density at radius 3 is 2.11 bits per heavy atom. The number of hydrogen-bond donors (Lipinski definition) is 1. The standard InChI is InChI=1S/C14H24N4O/c1-12(2)9-13(11-17)10-14(19)18(7-3-5-15)8-4-6-16/h12-13H,3-4,7-11,17H2,1-2H3/t13-/m0/s1. The topological polar surface area (TPSA) is 93.9 Å². The Morgan fingerprint density at radius 1 is 1.21 bits per heavy atom. The van der Waals surface area contributed by atoms with Crippen LogP contribution in [-0.2, 0) is 4.79 Å². The Bertz CT molecular complexity index is 322. The molecule has 0 spiro atoms. The quantitative estimate of drug-likeness (QED) is 0.685. The average molecular weight is 264 g/mol. The van der Waals surface area contributed by atoms with Crippen molar-refractivity contribution in [2.24, 2.45) is 17.6 Å². The van der Waals surface area contributed by atoms with E-state index in [1.807, 2.05) is 12.1 Å². The van der Waals surface area contributed by atoms with E-state index < -0.39 is 0 Å². The third-order valence-electron chi connectivity index (χ3n) is 2.94. The van der Waals surface area contributed by atoms with Crippen molar-refractivity contribution in [3.05, 3.63) is 0 Å². The Kier molecular flexibility index (Phi) is 9.48. The van der Waals surface area contributed by atoms with Crippen LogP contribution < -0.4 is 5.73 Å². The van der Waals surface area contributed by atoms with Gasteiger partial charge in [-0.25, -0.2) is 0 Å². The summed E-state index contributed by atoms with van der Waals surface area (Å²) < 4.78 is 0. The second-order valence-corrected chi connectivity index (χ2v) is 5.13. The van der Waals surface area contributed by atoms with Gasteiger partial charge in [0.1, 0.15) is 0 Å². The molecule has 1 amide bonds. The number of carbonyl (C=O) groups excluding carboxylic acids is 1. The van der Waals surface area contributed by atoms with Crippen molar-refractivity contribution >= 4 is 5.91 Å². The number of amides is 1. The monoisotopic (exact) mass is 264 g/mol. The van der Waals surface area contributed by atoms with Gasteiger partial charge in [0, 0.05) is 19.5 Å². The molecule has 0 aromatic carbocycles. The van der Waals surface area contributed by atoms with Gasteiger partial charge >= 0.3 is 0 Å². The minimum absolute atomic E-state index is 0.00148. The lowest BCUT2D eigenvalue weighted by Crippen LogP contribution is -2.35. The zero-order valence-electron chi connectivity index (χ0n) is 11.9. The number of hydrogen-bond acceptors (Lipinski definition) is 4. The van der Waals surface area contributed by atoms with E-state index in [9.17, 15) is 4.79 Å². The highest BCUT2D eigenvalue weighted by Crippen LogP contribution is 2.15. The summed E-state index contributed by atoms with van der Waals surface area (Å²) in [6.07, 6.45) is 1.93. The van der Waals surface area contributed by atoms with Crippen molar-refractivity contribution in [1.82, 2.24) is 4.90 Å². The predicted molar refractivity (Wildman–Crippen MR) is 73.7 cm³/mol. The average Bonchev–Trinajstić information content (AvgIpc) is 2.37. The van der Waals surface area contributed by atoms with Crippen molar-refractivity contribution < 1.29 is 4.79 Å². The van der Waals surface area contributed by atoms with Crippen molar-refractivity contribution in [2.45, 2.75) is 39.5 Å². The van der Waals surface area contributed by atoms with Crippen LogP contribution >= 0.6 is 0 Å². The molecule has 0 aromatic heterocycles. The van der Waals surface area contributed by atoms with Gasteiger partial charge in [-0.15, -0.1) is 0 Å². The van der Waals surface area contributed by atoms with Gasteiger partial charge < -0.3 is 10.6 Å². The fraction of sp³-hybridized carbons (Fsp3) is 0.786. The van der Waals surface area contributed by atoms with Gasteiger partial charge in [0.2, 0.25) is 5.91 Å². The van der Waals surface area contributed by atoms with Crippen molar-refractivity contribution in [2.75, 3.05) is 19.6 Å². The van der Waals surface area contributed by atoms with E-state index in [1.165, 1.54) is 0 Å². The highest BCUT2D eigenvalue weighted by molar-refractivity contribution is 5.76. The third-order valence-corrected chi connectivity index (χ3v) is 2.94. The number of nitriles is 2.